The Morgan fingerprint density at radius 3 is 2.18 bits per heavy atom. The van der Waals surface area contributed by atoms with Crippen molar-refractivity contribution in [2.24, 2.45) is 11.8 Å². The lowest BCUT2D eigenvalue weighted by Crippen LogP contribution is -2.44. The molecule has 0 bridgehead atoms. The summed E-state index contributed by atoms with van der Waals surface area (Å²) in [6, 6.07) is 1.35. The highest BCUT2D eigenvalue weighted by Crippen LogP contribution is 2.18. The lowest BCUT2D eigenvalue weighted by atomic mass is 9.93. The molecule has 0 aromatic heterocycles. The number of rotatable bonds is 6. The Balaban J connectivity index is 2.40. The quantitative estimate of drug-likeness (QED) is 0.767. The highest BCUT2D eigenvalue weighted by atomic mass is 16.5. The van der Waals surface area contributed by atoms with Crippen molar-refractivity contribution in [3.05, 3.63) is 0 Å². The van der Waals surface area contributed by atoms with Gasteiger partial charge in [0.15, 0.2) is 0 Å². The maximum absolute atomic E-state index is 5.61. The average Bonchev–Trinajstić information content (AvgIpc) is 2.14. The standard InChI is InChI=1S/C15H31NO/c1-11(2)8-15(9-12(3)4)16-14-6-7-17-13(5)10-14/h11-16H,6-10H2,1-5H3. The highest BCUT2D eigenvalue weighted by Gasteiger charge is 2.22. The topological polar surface area (TPSA) is 21.3 Å². The highest BCUT2D eigenvalue weighted by molar-refractivity contribution is 4.80. The smallest absolute Gasteiger partial charge is 0.0561 e. The van der Waals surface area contributed by atoms with Crippen molar-refractivity contribution in [1.29, 1.82) is 0 Å². The van der Waals surface area contributed by atoms with Crippen LogP contribution in [0.25, 0.3) is 0 Å². The van der Waals surface area contributed by atoms with Crippen LogP contribution in [0.4, 0.5) is 0 Å². The van der Waals surface area contributed by atoms with Crippen LogP contribution in [0.15, 0.2) is 0 Å². The van der Waals surface area contributed by atoms with Gasteiger partial charge in [-0.25, -0.2) is 0 Å². The second-order valence-corrected chi connectivity index (χ2v) is 6.53. The normalized spacial score (nSPS) is 26.1. The van der Waals surface area contributed by atoms with Crippen LogP contribution < -0.4 is 5.32 Å². The molecule has 1 saturated heterocycles. The zero-order valence-electron chi connectivity index (χ0n) is 12.3. The van der Waals surface area contributed by atoms with Gasteiger partial charge in [0.1, 0.15) is 0 Å². The van der Waals surface area contributed by atoms with Crippen LogP contribution in [0.3, 0.4) is 0 Å². The minimum absolute atomic E-state index is 0.431. The van der Waals surface area contributed by atoms with Gasteiger partial charge in [-0.15, -0.1) is 0 Å². The summed E-state index contributed by atoms with van der Waals surface area (Å²) in [4.78, 5) is 0. The van der Waals surface area contributed by atoms with Gasteiger partial charge in [0.25, 0.3) is 0 Å². The second kappa shape index (κ2) is 7.38. The Kier molecular flexibility index (Phi) is 6.50. The third kappa shape index (κ3) is 6.42. The van der Waals surface area contributed by atoms with Gasteiger partial charge in [-0.05, 0) is 44.4 Å². The molecule has 2 nitrogen and oxygen atoms in total. The lowest BCUT2D eigenvalue weighted by molar-refractivity contribution is 0.0103. The summed E-state index contributed by atoms with van der Waals surface area (Å²) in [6.07, 6.45) is 5.37. The van der Waals surface area contributed by atoms with Crippen molar-refractivity contribution in [1.82, 2.24) is 5.32 Å². The van der Waals surface area contributed by atoms with Crippen molar-refractivity contribution in [2.75, 3.05) is 6.61 Å². The summed E-state index contributed by atoms with van der Waals surface area (Å²) in [6.45, 7) is 12.4. The molecular formula is C15H31NO. The van der Waals surface area contributed by atoms with E-state index < -0.39 is 0 Å². The third-order valence-electron chi connectivity index (χ3n) is 3.47. The van der Waals surface area contributed by atoms with Crippen LogP contribution in [-0.4, -0.2) is 24.8 Å². The Morgan fingerprint density at radius 1 is 1.12 bits per heavy atom. The Hall–Kier alpha value is -0.0800. The van der Waals surface area contributed by atoms with Gasteiger partial charge in [-0.3, -0.25) is 0 Å². The molecule has 1 heterocycles. The van der Waals surface area contributed by atoms with Crippen molar-refractivity contribution < 1.29 is 4.74 Å². The van der Waals surface area contributed by atoms with E-state index in [0.29, 0.717) is 18.2 Å². The van der Waals surface area contributed by atoms with E-state index >= 15 is 0 Å². The molecule has 0 aliphatic carbocycles. The predicted octanol–water partition coefficient (Wildman–Crippen LogP) is 3.60. The van der Waals surface area contributed by atoms with Crippen LogP contribution >= 0.6 is 0 Å². The Morgan fingerprint density at radius 2 is 1.71 bits per heavy atom. The second-order valence-electron chi connectivity index (χ2n) is 6.53. The number of ether oxygens (including phenoxy) is 1. The summed E-state index contributed by atoms with van der Waals surface area (Å²) >= 11 is 0. The fourth-order valence-corrected chi connectivity index (χ4v) is 2.85. The molecule has 0 amide bonds. The first-order chi connectivity index (χ1) is 7.97. The Bertz CT molecular complexity index is 193. The number of nitrogens with one attached hydrogen (secondary N) is 1. The molecule has 1 aliphatic rings. The molecular weight excluding hydrogens is 210 g/mol. The third-order valence-corrected chi connectivity index (χ3v) is 3.47. The monoisotopic (exact) mass is 241 g/mol. The summed E-state index contributed by atoms with van der Waals surface area (Å²) in [7, 11) is 0. The molecule has 0 aromatic rings. The van der Waals surface area contributed by atoms with E-state index in [0.717, 1.165) is 18.4 Å². The van der Waals surface area contributed by atoms with E-state index in [1.807, 2.05) is 0 Å². The first kappa shape index (κ1) is 15.0. The van der Waals surface area contributed by atoms with Crippen molar-refractivity contribution in [3.63, 3.8) is 0 Å². The minimum atomic E-state index is 0.431. The molecule has 0 radical (unpaired) electrons. The molecule has 1 N–H and O–H groups in total. The van der Waals surface area contributed by atoms with Gasteiger partial charge >= 0.3 is 0 Å². The van der Waals surface area contributed by atoms with Gasteiger partial charge in [0.05, 0.1) is 6.10 Å². The Labute approximate surface area is 108 Å². The van der Waals surface area contributed by atoms with E-state index in [2.05, 4.69) is 39.9 Å². The van der Waals surface area contributed by atoms with Crippen LogP contribution in [-0.2, 0) is 4.74 Å². The molecule has 0 saturated carbocycles. The molecule has 17 heavy (non-hydrogen) atoms. The maximum Gasteiger partial charge on any atom is 0.0561 e. The van der Waals surface area contributed by atoms with E-state index in [1.54, 1.807) is 0 Å². The minimum Gasteiger partial charge on any atom is -0.378 e. The van der Waals surface area contributed by atoms with Crippen LogP contribution in [0.1, 0.15) is 60.3 Å². The van der Waals surface area contributed by atoms with Gasteiger partial charge in [0, 0.05) is 18.7 Å². The molecule has 0 aromatic carbocycles. The molecule has 2 atom stereocenters. The molecule has 0 spiro atoms. The fourth-order valence-electron chi connectivity index (χ4n) is 2.85. The zero-order chi connectivity index (χ0) is 12.8. The SMILES string of the molecule is CC(C)CC(CC(C)C)NC1CCOC(C)C1. The van der Waals surface area contributed by atoms with Crippen LogP contribution in [0.5, 0.6) is 0 Å². The van der Waals surface area contributed by atoms with Gasteiger partial charge < -0.3 is 10.1 Å². The molecule has 102 valence electrons. The predicted molar refractivity (Wildman–Crippen MR) is 74.3 cm³/mol. The lowest BCUT2D eigenvalue weighted by Gasteiger charge is -2.33. The first-order valence-corrected chi connectivity index (χ1v) is 7.35. The molecule has 2 unspecified atom stereocenters. The van der Waals surface area contributed by atoms with E-state index in [-0.39, 0.29) is 0 Å². The summed E-state index contributed by atoms with van der Waals surface area (Å²) < 4.78 is 5.61. The van der Waals surface area contributed by atoms with Gasteiger partial charge in [-0.2, -0.15) is 0 Å². The molecule has 2 heteroatoms. The number of hydrogen-bond donors (Lipinski definition) is 1. The first-order valence-electron chi connectivity index (χ1n) is 7.35. The van der Waals surface area contributed by atoms with Crippen LogP contribution in [0.2, 0.25) is 0 Å². The largest absolute Gasteiger partial charge is 0.378 e. The van der Waals surface area contributed by atoms with E-state index in [4.69, 9.17) is 4.74 Å². The average molecular weight is 241 g/mol. The number of hydrogen-bond acceptors (Lipinski definition) is 2. The molecule has 1 rings (SSSR count). The van der Waals surface area contributed by atoms with E-state index in [1.165, 1.54) is 25.7 Å². The van der Waals surface area contributed by atoms with Crippen molar-refractivity contribution in [2.45, 2.75) is 78.5 Å². The summed E-state index contributed by atoms with van der Waals surface area (Å²) in [5, 5.41) is 3.87. The van der Waals surface area contributed by atoms with Crippen molar-refractivity contribution in [3.8, 4) is 0 Å². The maximum atomic E-state index is 5.61. The fraction of sp³-hybridized carbons (Fsp3) is 1.00. The molecule has 1 aliphatic heterocycles. The van der Waals surface area contributed by atoms with Gasteiger partial charge in [-0.1, -0.05) is 27.7 Å². The molecule has 1 fully saturated rings. The van der Waals surface area contributed by atoms with Gasteiger partial charge in [0.2, 0.25) is 0 Å². The van der Waals surface area contributed by atoms with Crippen molar-refractivity contribution >= 4 is 0 Å². The summed E-state index contributed by atoms with van der Waals surface area (Å²) in [5.74, 6) is 1.56. The zero-order valence-corrected chi connectivity index (χ0v) is 12.3. The summed E-state index contributed by atoms with van der Waals surface area (Å²) in [5.41, 5.74) is 0. The van der Waals surface area contributed by atoms with Crippen LogP contribution in [0, 0.1) is 11.8 Å². The van der Waals surface area contributed by atoms with E-state index in [9.17, 15) is 0 Å².